The number of nitrogens with zero attached hydrogens (tertiary/aromatic N) is 2. The van der Waals surface area contributed by atoms with Crippen molar-refractivity contribution in [1.82, 2.24) is 15.1 Å². The zero-order valence-electron chi connectivity index (χ0n) is 13.7. The molecule has 0 radical (unpaired) electrons. The molecule has 1 aliphatic heterocycles. The Labute approximate surface area is 155 Å². The number of carbonyl (C=O) groups excluding carboxylic acids is 2. The molecule has 7 nitrogen and oxygen atoms in total. The quantitative estimate of drug-likeness (QED) is 0.381. The highest BCUT2D eigenvalue weighted by atomic mass is 127. The highest BCUT2D eigenvalue weighted by Crippen LogP contribution is 2.12. The van der Waals surface area contributed by atoms with Gasteiger partial charge < -0.3 is 19.4 Å². The minimum absolute atomic E-state index is 0.0147. The molecule has 1 aromatic rings. The average Bonchev–Trinajstić information content (AvgIpc) is 2.99. The maximum Gasteiger partial charge on any atom is 0.246 e. The van der Waals surface area contributed by atoms with Crippen molar-refractivity contribution in [3.05, 3.63) is 27.7 Å². The van der Waals surface area contributed by atoms with Crippen LogP contribution in [-0.4, -0.2) is 74.6 Å². The fraction of sp³-hybridized carbons (Fsp3) is 0.500. The van der Waals surface area contributed by atoms with Gasteiger partial charge in [-0.3, -0.25) is 14.5 Å². The summed E-state index contributed by atoms with van der Waals surface area (Å²) < 4.78 is 11.1. The van der Waals surface area contributed by atoms with Crippen molar-refractivity contribution in [3.8, 4) is 0 Å². The third-order valence-electron chi connectivity index (χ3n) is 3.66. The Morgan fingerprint density at radius 2 is 2.08 bits per heavy atom. The van der Waals surface area contributed by atoms with E-state index in [-0.39, 0.29) is 11.8 Å². The van der Waals surface area contributed by atoms with E-state index in [0.29, 0.717) is 51.6 Å². The van der Waals surface area contributed by atoms with E-state index in [1.165, 1.54) is 6.08 Å². The Morgan fingerprint density at radius 3 is 2.71 bits per heavy atom. The first kappa shape index (κ1) is 18.9. The first-order valence-electron chi connectivity index (χ1n) is 7.79. The summed E-state index contributed by atoms with van der Waals surface area (Å²) in [4.78, 5) is 27.7. The Bertz CT molecular complexity index is 580. The van der Waals surface area contributed by atoms with Gasteiger partial charge in [0, 0.05) is 45.9 Å². The smallest absolute Gasteiger partial charge is 0.246 e. The first-order chi connectivity index (χ1) is 11.6. The number of furan rings is 1. The molecule has 1 N–H and O–H groups in total. The van der Waals surface area contributed by atoms with Gasteiger partial charge in [-0.15, -0.1) is 0 Å². The lowest BCUT2D eigenvalue weighted by atomic mass is 10.3. The van der Waals surface area contributed by atoms with Crippen LogP contribution in [0.2, 0.25) is 0 Å². The molecule has 1 fully saturated rings. The van der Waals surface area contributed by atoms with Crippen LogP contribution in [0.15, 0.2) is 22.6 Å². The van der Waals surface area contributed by atoms with Gasteiger partial charge in [-0.1, -0.05) is 0 Å². The molecule has 0 aliphatic carbocycles. The van der Waals surface area contributed by atoms with E-state index in [0.717, 1.165) is 3.77 Å². The SMILES string of the molecule is COCCNC(=O)CN1CCN(C(=O)C=Cc2ccc(I)o2)CC1. The summed E-state index contributed by atoms with van der Waals surface area (Å²) in [6.45, 7) is 3.99. The molecule has 0 atom stereocenters. The highest BCUT2D eigenvalue weighted by molar-refractivity contribution is 14.1. The molecule has 1 saturated heterocycles. The predicted molar refractivity (Wildman–Crippen MR) is 98.4 cm³/mol. The second kappa shape index (κ2) is 9.80. The van der Waals surface area contributed by atoms with Gasteiger partial charge in [0.1, 0.15) is 5.76 Å². The fourth-order valence-electron chi connectivity index (χ4n) is 2.35. The van der Waals surface area contributed by atoms with Gasteiger partial charge in [0.15, 0.2) is 3.77 Å². The van der Waals surface area contributed by atoms with Crippen LogP contribution in [0.1, 0.15) is 5.76 Å². The standard InChI is InChI=1S/C16H22IN3O4/c1-23-11-6-18-15(21)12-19-7-9-20(10-8-19)16(22)5-3-13-2-4-14(17)24-13/h2-5H,6-12H2,1H3,(H,18,21). The summed E-state index contributed by atoms with van der Waals surface area (Å²) in [5.74, 6) is 0.615. The van der Waals surface area contributed by atoms with E-state index in [1.54, 1.807) is 18.1 Å². The molecule has 8 heteroatoms. The van der Waals surface area contributed by atoms with Gasteiger partial charge in [0.25, 0.3) is 0 Å². The summed E-state index contributed by atoms with van der Waals surface area (Å²) in [7, 11) is 1.60. The number of ether oxygens (including phenoxy) is 1. The number of carbonyl (C=O) groups is 2. The number of methoxy groups -OCH3 is 1. The van der Waals surface area contributed by atoms with Crippen LogP contribution in [0.5, 0.6) is 0 Å². The first-order valence-corrected chi connectivity index (χ1v) is 8.86. The number of rotatable bonds is 7. The van der Waals surface area contributed by atoms with Crippen LogP contribution in [0.3, 0.4) is 0 Å². The molecule has 0 saturated carbocycles. The molecule has 0 spiro atoms. The molecule has 2 rings (SSSR count). The Morgan fingerprint density at radius 1 is 1.33 bits per heavy atom. The average molecular weight is 447 g/mol. The van der Waals surface area contributed by atoms with Crippen molar-refractivity contribution in [2.45, 2.75) is 0 Å². The highest BCUT2D eigenvalue weighted by Gasteiger charge is 2.21. The van der Waals surface area contributed by atoms with Crippen molar-refractivity contribution in [2.24, 2.45) is 0 Å². The summed E-state index contributed by atoms with van der Waals surface area (Å²) in [5, 5.41) is 2.80. The largest absolute Gasteiger partial charge is 0.451 e. The monoisotopic (exact) mass is 447 g/mol. The van der Waals surface area contributed by atoms with E-state index >= 15 is 0 Å². The maximum absolute atomic E-state index is 12.2. The zero-order chi connectivity index (χ0) is 17.4. The second-order valence-electron chi connectivity index (χ2n) is 5.42. The molecule has 0 aromatic carbocycles. The van der Waals surface area contributed by atoms with Gasteiger partial charge in [0.2, 0.25) is 11.8 Å². The normalized spacial score (nSPS) is 15.8. The van der Waals surface area contributed by atoms with Gasteiger partial charge in [-0.05, 0) is 40.8 Å². The second-order valence-corrected chi connectivity index (χ2v) is 6.48. The zero-order valence-corrected chi connectivity index (χ0v) is 15.8. The topological polar surface area (TPSA) is 75.0 Å². The lowest BCUT2D eigenvalue weighted by Gasteiger charge is -2.33. The summed E-state index contributed by atoms with van der Waals surface area (Å²) >= 11 is 2.08. The molecule has 2 heterocycles. The van der Waals surface area contributed by atoms with E-state index in [1.807, 2.05) is 17.0 Å². The van der Waals surface area contributed by atoms with Crippen molar-refractivity contribution >= 4 is 40.5 Å². The van der Waals surface area contributed by atoms with Gasteiger partial charge in [0.05, 0.1) is 13.2 Å². The van der Waals surface area contributed by atoms with Crippen LogP contribution in [0.25, 0.3) is 6.08 Å². The van der Waals surface area contributed by atoms with Crippen LogP contribution in [0, 0.1) is 3.77 Å². The Balaban J connectivity index is 1.71. The van der Waals surface area contributed by atoms with Gasteiger partial charge >= 0.3 is 0 Å². The molecule has 0 unspecified atom stereocenters. The minimum atomic E-state index is -0.0365. The third kappa shape index (κ3) is 6.25. The van der Waals surface area contributed by atoms with Crippen LogP contribution in [0.4, 0.5) is 0 Å². The van der Waals surface area contributed by atoms with E-state index in [2.05, 4.69) is 27.9 Å². The minimum Gasteiger partial charge on any atom is -0.451 e. The van der Waals surface area contributed by atoms with Crippen molar-refractivity contribution < 1.29 is 18.7 Å². The summed E-state index contributed by atoms with van der Waals surface area (Å²) in [6.07, 6.45) is 3.21. The maximum atomic E-state index is 12.2. The van der Waals surface area contributed by atoms with E-state index in [4.69, 9.17) is 9.15 Å². The number of hydrogen-bond donors (Lipinski definition) is 1. The predicted octanol–water partition coefficient (Wildman–Crippen LogP) is 0.804. The lowest BCUT2D eigenvalue weighted by Crippen LogP contribution is -2.51. The lowest BCUT2D eigenvalue weighted by molar-refractivity contribution is -0.128. The fourth-order valence-corrected chi connectivity index (χ4v) is 2.79. The molecule has 24 heavy (non-hydrogen) atoms. The molecule has 0 bridgehead atoms. The molecular weight excluding hydrogens is 425 g/mol. The van der Waals surface area contributed by atoms with Crippen LogP contribution >= 0.6 is 22.6 Å². The van der Waals surface area contributed by atoms with Crippen molar-refractivity contribution in [2.75, 3.05) is 53.0 Å². The van der Waals surface area contributed by atoms with Crippen molar-refractivity contribution in [1.29, 1.82) is 0 Å². The number of amides is 2. The Hall–Kier alpha value is -1.39. The summed E-state index contributed by atoms with van der Waals surface area (Å²) in [6, 6.07) is 3.67. The van der Waals surface area contributed by atoms with Gasteiger partial charge in [-0.25, -0.2) is 0 Å². The number of halogens is 1. The van der Waals surface area contributed by atoms with Crippen LogP contribution in [-0.2, 0) is 14.3 Å². The van der Waals surface area contributed by atoms with Crippen molar-refractivity contribution in [3.63, 3.8) is 0 Å². The molecule has 132 valence electrons. The molecular formula is C16H22IN3O4. The van der Waals surface area contributed by atoms with Crippen LogP contribution < -0.4 is 5.32 Å². The van der Waals surface area contributed by atoms with Gasteiger partial charge in [-0.2, -0.15) is 0 Å². The number of nitrogens with one attached hydrogen (secondary N) is 1. The molecule has 1 aliphatic rings. The molecule has 2 amide bonds. The third-order valence-corrected chi connectivity index (χ3v) is 4.24. The Kier molecular flexibility index (Phi) is 7.73. The van der Waals surface area contributed by atoms with E-state index in [9.17, 15) is 9.59 Å². The molecule has 1 aromatic heterocycles. The number of hydrogen-bond acceptors (Lipinski definition) is 5. The number of piperazine rings is 1. The summed E-state index contributed by atoms with van der Waals surface area (Å²) in [5.41, 5.74) is 0. The van der Waals surface area contributed by atoms with E-state index < -0.39 is 0 Å².